The number of ketones is 1. The second kappa shape index (κ2) is 6.30. The Hall–Kier alpha value is -1.47. The van der Waals surface area contributed by atoms with Gasteiger partial charge in [0, 0.05) is 22.2 Å². The number of carbonyl (C=O) groups is 2. The van der Waals surface area contributed by atoms with E-state index >= 15 is 0 Å². The maximum absolute atomic E-state index is 13.2. The molecular formula is C18H12Cl2N2O2S2. The summed E-state index contributed by atoms with van der Waals surface area (Å²) in [6.07, 6.45) is 0. The summed E-state index contributed by atoms with van der Waals surface area (Å²) in [7, 11) is 2.56. The van der Waals surface area contributed by atoms with E-state index in [-0.39, 0.29) is 16.9 Å². The summed E-state index contributed by atoms with van der Waals surface area (Å²) in [5.41, 5.74) is 1.87. The molecule has 2 aromatic carbocycles. The molecule has 0 radical (unpaired) electrons. The standard InChI is InChI=1S/C18H12Cl2N2O2S2/c1-11(23)12-7-9-14(10-8-12)22-16(24)17(20,13-5-3-2-4-6-13)18(22)15(19)21-26-25-18/h2-10H,1H3. The molecule has 2 aromatic rings. The van der Waals surface area contributed by atoms with Gasteiger partial charge in [-0.15, -0.1) is 0 Å². The first-order valence-corrected chi connectivity index (χ1v) is 10.6. The maximum Gasteiger partial charge on any atom is 0.258 e. The zero-order valence-corrected chi connectivity index (χ0v) is 16.6. The second-order valence-electron chi connectivity index (χ2n) is 5.95. The van der Waals surface area contributed by atoms with Gasteiger partial charge in [-0.1, -0.05) is 53.5 Å². The lowest BCUT2D eigenvalue weighted by molar-refractivity contribution is -0.127. The highest BCUT2D eigenvalue weighted by molar-refractivity contribution is 8.77. The maximum atomic E-state index is 13.2. The third kappa shape index (κ3) is 2.22. The van der Waals surface area contributed by atoms with Crippen molar-refractivity contribution in [3.8, 4) is 0 Å². The van der Waals surface area contributed by atoms with Crippen LogP contribution in [-0.2, 0) is 9.67 Å². The summed E-state index contributed by atoms with van der Waals surface area (Å²) < 4.78 is 4.22. The third-order valence-electron chi connectivity index (χ3n) is 4.54. The minimum Gasteiger partial charge on any atom is -0.295 e. The van der Waals surface area contributed by atoms with Gasteiger partial charge >= 0.3 is 0 Å². The van der Waals surface area contributed by atoms with Crippen molar-refractivity contribution in [1.82, 2.24) is 0 Å². The van der Waals surface area contributed by atoms with Crippen molar-refractivity contribution >= 4 is 67.5 Å². The van der Waals surface area contributed by atoms with E-state index in [9.17, 15) is 9.59 Å². The number of anilines is 1. The number of benzene rings is 2. The number of nitrogens with zero attached hydrogens (tertiary/aromatic N) is 2. The number of amides is 1. The lowest BCUT2D eigenvalue weighted by Gasteiger charge is -2.58. The first-order valence-electron chi connectivity index (χ1n) is 7.72. The molecule has 4 rings (SSSR count). The minimum absolute atomic E-state index is 0.0393. The molecule has 1 spiro atoms. The molecule has 132 valence electrons. The van der Waals surface area contributed by atoms with E-state index in [2.05, 4.69) is 4.40 Å². The number of hydrogen-bond acceptors (Lipinski definition) is 5. The van der Waals surface area contributed by atoms with Crippen LogP contribution in [0.3, 0.4) is 0 Å². The predicted molar refractivity (Wildman–Crippen MR) is 109 cm³/mol. The molecule has 0 aliphatic carbocycles. The van der Waals surface area contributed by atoms with Crippen molar-refractivity contribution in [2.45, 2.75) is 16.7 Å². The van der Waals surface area contributed by atoms with Gasteiger partial charge in [-0.05, 0) is 47.5 Å². The Balaban J connectivity index is 1.83. The summed E-state index contributed by atoms with van der Waals surface area (Å²) in [6.45, 7) is 1.50. The fourth-order valence-corrected chi connectivity index (χ4v) is 7.19. The van der Waals surface area contributed by atoms with Gasteiger partial charge in [0.2, 0.25) is 0 Å². The van der Waals surface area contributed by atoms with E-state index in [0.29, 0.717) is 16.8 Å². The van der Waals surface area contributed by atoms with E-state index in [1.54, 1.807) is 29.2 Å². The fraction of sp³-hybridized carbons (Fsp3) is 0.167. The molecule has 0 bridgehead atoms. The van der Waals surface area contributed by atoms with E-state index in [0.717, 1.165) is 0 Å². The van der Waals surface area contributed by atoms with Crippen molar-refractivity contribution in [2.75, 3.05) is 4.90 Å². The molecule has 2 heterocycles. The average molecular weight is 423 g/mol. The largest absolute Gasteiger partial charge is 0.295 e. The fourth-order valence-electron chi connectivity index (χ4n) is 3.20. The van der Waals surface area contributed by atoms with Gasteiger partial charge < -0.3 is 0 Å². The second-order valence-corrected chi connectivity index (χ2v) is 8.91. The summed E-state index contributed by atoms with van der Waals surface area (Å²) in [5.74, 6) is -0.313. The van der Waals surface area contributed by atoms with Crippen LogP contribution < -0.4 is 4.90 Å². The first kappa shape index (κ1) is 17.9. The van der Waals surface area contributed by atoms with E-state index in [1.165, 1.54) is 28.7 Å². The van der Waals surface area contributed by atoms with E-state index in [1.807, 2.05) is 30.3 Å². The number of rotatable bonds is 3. The van der Waals surface area contributed by atoms with Crippen LogP contribution in [0, 0.1) is 0 Å². The third-order valence-corrected chi connectivity index (χ3v) is 8.30. The Morgan fingerprint density at radius 1 is 1.12 bits per heavy atom. The molecular weight excluding hydrogens is 411 g/mol. The van der Waals surface area contributed by atoms with Crippen LogP contribution in [0.2, 0.25) is 0 Å². The molecule has 1 saturated heterocycles. The van der Waals surface area contributed by atoms with Gasteiger partial charge in [-0.2, -0.15) is 4.40 Å². The van der Waals surface area contributed by atoms with Gasteiger partial charge in [0.25, 0.3) is 5.91 Å². The predicted octanol–water partition coefficient (Wildman–Crippen LogP) is 5.01. The normalized spacial score (nSPS) is 27.4. The topological polar surface area (TPSA) is 49.7 Å². The van der Waals surface area contributed by atoms with Crippen molar-refractivity contribution in [3.63, 3.8) is 0 Å². The summed E-state index contributed by atoms with van der Waals surface area (Å²) in [5, 5.41) is 0.265. The molecule has 4 nitrogen and oxygen atoms in total. The monoisotopic (exact) mass is 422 g/mol. The number of hydrogen-bond donors (Lipinski definition) is 0. The van der Waals surface area contributed by atoms with E-state index < -0.39 is 9.75 Å². The summed E-state index contributed by atoms with van der Waals surface area (Å²) in [6, 6.07) is 16.0. The lowest BCUT2D eigenvalue weighted by Crippen LogP contribution is -2.78. The zero-order chi connectivity index (χ0) is 18.5. The number of β-lactam (4-membered cyclic amide) rings is 1. The van der Waals surface area contributed by atoms with Crippen LogP contribution >= 0.6 is 45.0 Å². The Kier molecular flexibility index (Phi) is 4.34. The van der Waals surface area contributed by atoms with Crippen LogP contribution in [0.15, 0.2) is 59.0 Å². The molecule has 2 aliphatic rings. The SMILES string of the molecule is CC(=O)c1ccc(N2C(=O)C(Cl)(c3ccccc3)C23SSN=C3Cl)cc1. The lowest BCUT2D eigenvalue weighted by atomic mass is 9.79. The number of halogens is 2. The summed E-state index contributed by atoms with van der Waals surface area (Å²) >= 11 is 13.4. The Morgan fingerprint density at radius 2 is 1.77 bits per heavy atom. The van der Waals surface area contributed by atoms with Crippen molar-refractivity contribution in [1.29, 1.82) is 0 Å². The molecule has 1 fully saturated rings. The number of carbonyl (C=O) groups excluding carboxylic acids is 2. The highest BCUT2D eigenvalue weighted by Gasteiger charge is 2.76. The molecule has 26 heavy (non-hydrogen) atoms. The quantitative estimate of drug-likeness (QED) is 0.229. The molecule has 8 heteroatoms. The smallest absolute Gasteiger partial charge is 0.258 e. The van der Waals surface area contributed by atoms with Crippen LogP contribution in [0.1, 0.15) is 22.8 Å². The van der Waals surface area contributed by atoms with E-state index in [4.69, 9.17) is 23.2 Å². The Labute approximate surface area is 168 Å². The first-order chi connectivity index (χ1) is 12.4. The zero-order valence-electron chi connectivity index (χ0n) is 13.5. The van der Waals surface area contributed by atoms with Crippen LogP contribution in [-0.4, -0.2) is 21.7 Å². The average Bonchev–Trinajstić information content (AvgIpc) is 3.06. The molecule has 2 aliphatic heterocycles. The van der Waals surface area contributed by atoms with Gasteiger partial charge in [0.1, 0.15) is 0 Å². The van der Waals surface area contributed by atoms with Crippen molar-refractivity contribution < 1.29 is 9.59 Å². The van der Waals surface area contributed by atoms with Gasteiger partial charge in [-0.3, -0.25) is 14.5 Å². The van der Waals surface area contributed by atoms with Crippen LogP contribution in [0.5, 0.6) is 0 Å². The highest BCUT2D eigenvalue weighted by atomic mass is 35.5. The highest BCUT2D eigenvalue weighted by Crippen LogP contribution is 2.67. The van der Waals surface area contributed by atoms with Gasteiger partial charge in [-0.25, -0.2) is 0 Å². The van der Waals surface area contributed by atoms with Crippen molar-refractivity contribution in [2.24, 2.45) is 4.40 Å². The van der Waals surface area contributed by atoms with Crippen LogP contribution in [0.4, 0.5) is 5.69 Å². The molecule has 1 amide bonds. The van der Waals surface area contributed by atoms with Gasteiger partial charge in [0.15, 0.2) is 20.7 Å². The number of alkyl halides is 1. The summed E-state index contributed by atoms with van der Waals surface area (Å²) in [4.78, 5) is 23.9. The molecule has 2 atom stereocenters. The number of Topliss-reactive ketones (excluding diaryl/α,β-unsaturated/α-hetero) is 1. The minimum atomic E-state index is -1.34. The van der Waals surface area contributed by atoms with Gasteiger partial charge in [0.05, 0.1) is 0 Å². The van der Waals surface area contributed by atoms with Crippen molar-refractivity contribution in [3.05, 3.63) is 65.7 Å². The molecule has 0 saturated carbocycles. The molecule has 0 aromatic heterocycles. The van der Waals surface area contributed by atoms with Crippen LogP contribution in [0.25, 0.3) is 0 Å². The molecule has 0 N–H and O–H groups in total. The molecule has 2 unspecified atom stereocenters. The Bertz CT molecular complexity index is 936. The Morgan fingerprint density at radius 3 is 2.31 bits per heavy atom.